The number of amides is 1. The van der Waals surface area contributed by atoms with Gasteiger partial charge in [0.2, 0.25) is 5.91 Å². The first-order valence-electron chi connectivity index (χ1n) is 8.16. The van der Waals surface area contributed by atoms with Crippen LogP contribution in [-0.4, -0.2) is 65.3 Å². The van der Waals surface area contributed by atoms with Gasteiger partial charge in [-0.25, -0.2) is 0 Å². The number of aryl methyl sites for hydroxylation is 2. The van der Waals surface area contributed by atoms with Gasteiger partial charge in [0.1, 0.15) is 0 Å². The van der Waals surface area contributed by atoms with Gasteiger partial charge in [-0.3, -0.25) is 14.4 Å². The van der Waals surface area contributed by atoms with Crippen LogP contribution >= 0.6 is 0 Å². The van der Waals surface area contributed by atoms with Crippen LogP contribution in [0.1, 0.15) is 29.8 Å². The molecule has 1 aromatic rings. The fraction of sp³-hybridized carbons (Fsp3) is 0.750. The first kappa shape index (κ1) is 17.0. The Morgan fingerprint density at radius 2 is 1.91 bits per heavy atom. The zero-order chi connectivity index (χ0) is 16.1. The highest BCUT2D eigenvalue weighted by molar-refractivity contribution is 5.76. The lowest BCUT2D eigenvalue weighted by atomic mass is 10.1. The van der Waals surface area contributed by atoms with E-state index < -0.39 is 0 Å². The van der Waals surface area contributed by atoms with Gasteiger partial charge in [-0.1, -0.05) is 0 Å². The normalized spacial score (nSPS) is 16.3. The molecule has 1 aromatic heterocycles. The molecule has 2 rings (SSSR count). The van der Waals surface area contributed by atoms with E-state index in [1.807, 2.05) is 23.7 Å². The maximum atomic E-state index is 12.1. The third-order valence-corrected chi connectivity index (χ3v) is 4.58. The molecule has 1 aliphatic rings. The number of rotatable bonds is 6. The molecule has 1 saturated heterocycles. The van der Waals surface area contributed by atoms with Crippen LogP contribution in [0.15, 0.2) is 0 Å². The van der Waals surface area contributed by atoms with Gasteiger partial charge in [-0.2, -0.15) is 5.10 Å². The average Bonchev–Trinajstić information content (AvgIpc) is 2.74. The second-order valence-electron chi connectivity index (χ2n) is 6.14. The Bertz CT molecular complexity index is 503. The Hall–Kier alpha value is -1.40. The molecule has 0 atom stereocenters. The second-order valence-corrected chi connectivity index (χ2v) is 6.14. The van der Waals surface area contributed by atoms with Gasteiger partial charge in [-0.05, 0) is 33.9 Å². The van der Waals surface area contributed by atoms with Gasteiger partial charge in [0.15, 0.2) is 0 Å². The van der Waals surface area contributed by atoms with E-state index in [-0.39, 0.29) is 0 Å². The highest BCUT2D eigenvalue weighted by atomic mass is 16.2. The molecule has 0 bridgehead atoms. The maximum Gasteiger partial charge on any atom is 0.222 e. The zero-order valence-electron chi connectivity index (χ0n) is 14.4. The van der Waals surface area contributed by atoms with Gasteiger partial charge in [0, 0.05) is 57.4 Å². The van der Waals surface area contributed by atoms with Crippen molar-refractivity contribution in [2.75, 3.05) is 39.8 Å². The predicted molar refractivity (Wildman–Crippen MR) is 87.7 cm³/mol. The number of carbonyl (C=O) groups excluding carboxylic acids is 1. The summed E-state index contributed by atoms with van der Waals surface area (Å²) < 4.78 is 1.95. The number of nitrogens with zero attached hydrogens (tertiary/aromatic N) is 4. The lowest BCUT2D eigenvalue weighted by molar-refractivity contribution is -0.133. The van der Waals surface area contributed by atoms with Crippen molar-refractivity contribution in [3.63, 3.8) is 0 Å². The minimum atomic E-state index is 0.295. The zero-order valence-corrected chi connectivity index (χ0v) is 14.4. The smallest absolute Gasteiger partial charge is 0.222 e. The quantitative estimate of drug-likeness (QED) is 0.785. The highest BCUT2D eigenvalue weighted by Crippen LogP contribution is 2.16. The Balaban J connectivity index is 1.81. The number of carbonyl (C=O) groups is 1. The van der Waals surface area contributed by atoms with Crippen LogP contribution in [0.25, 0.3) is 0 Å². The molecule has 1 amide bonds. The summed E-state index contributed by atoms with van der Waals surface area (Å²) in [6.45, 7) is 9.63. The summed E-state index contributed by atoms with van der Waals surface area (Å²) in [6, 6.07) is 0. The van der Waals surface area contributed by atoms with Gasteiger partial charge < -0.3 is 10.2 Å². The summed E-state index contributed by atoms with van der Waals surface area (Å²) in [7, 11) is 3.92. The van der Waals surface area contributed by atoms with E-state index in [1.54, 1.807) is 0 Å². The molecule has 6 heteroatoms. The van der Waals surface area contributed by atoms with Crippen LogP contribution in [0.3, 0.4) is 0 Å². The van der Waals surface area contributed by atoms with E-state index in [2.05, 4.69) is 29.2 Å². The fourth-order valence-electron chi connectivity index (χ4n) is 3.00. The molecule has 0 radical (unpaired) electrons. The van der Waals surface area contributed by atoms with Crippen LogP contribution in [-0.2, 0) is 18.4 Å². The molecule has 0 unspecified atom stereocenters. The highest BCUT2D eigenvalue weighted by Gasteiger charge is 2.22. The lowest BCUT2D eigenvalue weighted by Crippen LogP contribution is -2.48. The lowest BCUT2D eigenvalue weighted by Gasteiger charge is -2.35. The summed E-state index contributed by atoms with van der Waals surface area (Å²) in [5, 5.41) is 7.57. The number of aromatic nitrogens is 2. The summed E-state index contributed by atoms with van der Waals surface area (Å²) >= 11 is 0. The molecule has 0 aliphatic carbocycles. The van der Waals surface area contributed by atoms with Crippen molar-refractivity contribution in [1.29, 1.82) is 0 Å². The molecule has 1 aliphatic heterocycles. The third-order valence-electron chi connectivity index (χ3n) is 4.58. The Labute approximate surface area is 133 Å². The Morgan fingerprint density at radius 1 is 1.23 bits per heavy atom. The molecular weight excluding hydrogens is 278 g/mol. The minimum Gasteiger partial charge on any atom is -0.340 e. The van der Waals surface area contributed by atoms with Crippen LogP contribution in [0.5, 0.6) is 0 Å². The van der Waals surface area contributed by atoms with E-state index in [4.69, 9.17) is 0 Å². The molecule has 0 spiro atoms. The summed E-state index contributed by atoms with van der Waals surface area (Å²) in [6.07, 6.45) is 1.57. The molecule has 0 saturated carbocycles. The van der Waals surface area contributed by atoms with E-state index in [9.17, 15) is 4.79 Å². The van der Waals surface area contributed by atoms with E-state index in [0.29, 0.717) is 12.3 Å². The van der Waals surface area contributed by atoms with Crippen LogP contribution in [0.2, 0.25) is 0 Å². The first-order valence-corrected chi connectivity index (χ1v) is 8.16. The first-order chi connectivity index (χ1) is 10.5. The van der Waals surface area contributed by atoms with Crippen LogP contribution in [0, 0.1) is 13.8 Å². The number of hydrogen-bond donors (Lipinski definition) is 1. The third kappa shape index (κ3) is 4.08. The average molecular weight is 307 g/mol. The summed E-state index contributed by atoms with van der Waals surface area (Å²) in [4.78, 5) is 16.5. The van der Waals surface area contributed by atoms with Gasteiger partial charge >= 0.3 is 0 Å². The second kappa shape index (κ2) is 7.74. The van der Waals surface area contributed by atoms with E-state index in [1.165, 1.54) is 11.3 Å². The molecule has 1 fully saturated rings. The molecule has 6 nitrogen and oxygen atoms in total. The summed E-state index contributed by atoms with van der Waals surface area (Å²) in [5.41, 5.74) is 3.69. The number of piperazine rings is 1. The van der Waals surface area contributed by atoms with Crippen molar-refractivity contribution in [2.45, 2.75) is 33.2 Å². The van der Waals surface area contributed by atoms with Crippen molar-refractivity contribution >= 4 is 5.91 Å². The standard InChI is InChI=1S/C16H29N5O/c1-13-15(14(2)19(4)18-13)12-20-8-10-21(11-9-20)16(22)6-5-7-17-3/h17H,5-12H2,1-4H3. The van der Waals surface area contributed by atoms with Crippen molar-refractivity contribution in [3.8, 4) is 0 Å². The van der Waals surface area contributed by atoms with E-state index in [0.717, 1.165) is 51.4 Å². The van der Waals surface area contributed by atoms with Crippen LogP contribution < -0.4 is 5.32 Å². The Morgan fingerprint density at radius 3 is 2.45 bits per heavy atom. The van der Waals surface area contributed by atoms with Crippen molar-refractivity contribution in [3.05, 3.63) is 17.0 Å². The molecule has 22 heavy (non-hydrogen) atoms. The van der Waals surface area contributed by atoms with Gasteiger partial charge in [-0.15, -0.1) is 0 Å². The number of nitrogens with one attached hydrogen (secondary N) is 1. The molecule has 124 valence electrons. The van der Waals surface area contributed by atoms with Crippen molar-refractivity contribution in [2.24, 2.45) is 7.05 Å². The monoisotopic (exact) mass is 307 g/mol. The van der Waals surface area contributed by atoms with Crippen molar-refractivity contribution in [1.82, 2.24) is 24.9 Å². The van der Waals surface area contributed by atoms with Gasteiger partial charge in [0.25, 0.3) is 0 Å². The van der Waals surface area contributed by atoms with Crippen molar-refractivity contribution < 1.29 is 4.79 Å². The largest absolute Gasteiger partial charge is 0.340 e. The topological polar surface area (TPSA) is 53.4 Å². The SMILES string of the molecule is CNCCCC(=O)N1CCN(Cc2c(C)nn(C)c2C)CC1. The fourth-order valence-corrected chi connectivity index (χ4v) is 3.00. The Kier molecular flexibility index (Phi) is 5.97. The summed E-state index contributed by atoms with van der Waals surface area (Å²) in [5.74, 6) is 0.295. The minimum absolute atomic E-state index is 0.295. The van der Waals surface area contributed by atoms with E-state index >= 15 is 0 Å². The maximum absolute atomic E-state index is 12.1. The van der Waals surface area contributed by atoms with Crippen LogP contribution in [0.4, 0.5) is 0 Å². The molecular formula is C16H29N5O. The molecule has 2 heterocycles. The number of hydrogen-bond acceptors (Lipinski definition) is 4. The van der Waals surface area contributed by atoms with Gasteiger partial charge in [0.05, 0.1) is 5.69 Å². The molecule has 0 aromatic carbocycles. The predicted octanol–water partition coefficient (Wildman–Crippen LogP) is 0.681. The molecule has 1 N–H and O–H groups in total.